The Morgan fingerprint density at radius 1 is 1.58 bits per heavy atom. The molecule has 12 heavy (non-hydrogen) atoms. The minimum Gasteiger partial charge on any atom is -0.269 e. The van der Waals surface area contributed by atoms with Crippen LogP contribution in [-0.2, 0) is 10.2 Å². The first-order valence-electron chi connectivity index (χ1n) is 3.21. The normalized spacial score (nSPS) is 11.2. The van der Waals surface area contributed by atoms with Gasteiger partial charge in [0, 0.05) is 6.20 Å². The molecule has 0 unspecified atom stereocenters. The molecule has 6 heteroatoms. The summed E-state index contributed by atoms with van der Waals surface area (Å²) >= 11 is 0. The maximum atomic E-state index is 10.6. The van der Waals surface area contributed by atoms with Gasteiger partial charge >= 0.3 is 0 Å². The molecule has 0 aliphatic carbocycles. The summed E-state index contributed by atoms with van der Waals surface area (Å²) in [6.45, 7) is 1.69. The van der Waals surface area contributed by atoms with Crippen LogP contribution in [0.5, 0.6) is 0 Å². The SMILES string of the molecule is Cc1ncccc1NS(N)(=O)=O. The van der Waals surface area contributed by atoms with E-state index in [1.807, 2.05) is 0 Å². The molecule has 3 N–H and O–H groups in total. The molecule has 0 spiro atoms. The van der Waals surface area contributed by atoms with Crippen molar-refractivity contribution in [2.75, 3.05) is 4.72 Å². The third-order valence-corrected chi connectivity index (χ3v) is 1.76. The highest BCUT2D eigenvalue weighted by Crippen LogP contribution is 2.10. The number of nitrogens with two attached hydrogens (primary N) is 1. The molecule has 0 aliphatic heterocycles. The molecule has 0 saturated carbocycles. The van der Waals surface area contributed by atoms with Crippen LogP contribution in [0.15, 0.2) is 18.3 Å². The van der Waals surface area contributed by atoms with E-state index in [1.54, 1.807) is 25.3 Å². The highest BCUT2D eigenvalue weighted by atomic mass is 32.2. The minimum atomic E-state index is -3.69. The van der Waals surface area contributed by atoms with E-state index >= 15 is 0 Å². The first-order valence-corrected chi connectivity index (χ1v) is 4.76. The molecule has 0 amide bonds. The van der Waals surface area contributed by atoms with Gasteiger partial charge in [-0.1, -0.05) is 0 Å². The molecule has 66 valence electrons. The van der Waals surface area contributed by atoms with Crippen LogP contribution in [0.2, 0.25) is 0 Å². The molecular weight excluding hydrogens is 178 g/mol. The van der Waals surface area contributed by atoms with Gasteiger partial charge in [0.05, 0.1) is 11.4 Å². The van der Waals surface area contributed by atoms with Crippen LogP contribution >= 0.6 is 0 Å². The van der Waals surface area contributed by atoms with Crippen molar-refractivity contribution in [1.29, 1.82) is 0 Å². The van der Waals surface area contributed by atoms with Crippen LogP contribution < -0.4 is 9.86 Å². The van der Waals surface area contributed by atoms with E-state index in [4.69, 9.17) is 5.14 Å². The van der Waals surface area contributed by atoms with E-state index in [-0.39, 0.29) is 0 Å². The zero-order chi connectivity index (χ0) is 9.19. The molecule has 1 heterocycles. The highest BCUT2D eigenvalue weighted by Gasteiger charge is 2.03. The van der Waals surface area contributed by atoms with Gasteiger partial charge in [-0.15, -0.1) is 0 Å². The van der Waals surface area contributed by atoms with Crippen LogP contribution in [-0.4, -0.2) is 13.4 Å². The molecular formula is C6H9N3O2S. The monoisotopic (exact) mass is 187 g/mol. The number of aromatic nitrogens is 1. The van der Waals surface area contributed by atoms with Crippen molar-refractivity contribution in [3.05, 3.63) is 24.0 Å². The summed E-state index contributed by atoms with van der Waals surface area (Å²) in [4.78, 5) is 3.88. The number of anilines is 1. The van der Waals surface area contributed by atoms with Crippen LogP contribution in [0.3, 0.4) is 0 Å². The first kappa shape index (κ1) is 8.95. The quantitative estimate of drug-likeness (QED) is 0.683. The van der Waals surface area contributed by atoms with Crippen molar-refractivity contribution >= 4 is 15.9 Å². The van der Waals surface area contributed by atoms with E-state index in [1.165, 1.54) is 0 Å². The largest absolute Gasteiger partial charge is 0.296 e. The zero-order valence-electron chi connectivity index (χ0n) is 6.48. The fraction of sp³-hybridized carbons (Fsp3) is 0.167. The van der Waals surface area contributed by atoms with Crippen molar-refractivity contribution in [1.82, 2.24) is 4.98 Å². The van der Waals surface area contributed by atoms with E-state index in [2.05, 4.69) is 9.71 Å². The first-order chi connectivity index (χ1) is 5.49. The summed E-state index contributed by atoms with van der Waals surface area (Å²) in [6.07, 6.45) is 1.57. The highest BCUT2D eigenvalue weighted by molar-refractivity contribution is 7.90. The lowest BCUT2D eigenvalue weighted by Crippen LogP contribution is -2.22. The molecule has 0 atom stereocenters. The van der Waals surface area contributed by atoms with Crippen molar-refractivity contribution < 1.29 is 8.42 Å². The number of pyridine rings is 1. The van der Waals surface area contributed by atoms with E-state index in [9.17, 15) is 8.42 Å². The fourth-order valence-electron chi connectivity index (χ4n) is 0.745. The van der Waals surface area contributed by atoms with E-state index in [0.29, 0.717) is 11.4 Å². The van der Waals surface area contributed by atoms with Crippen LogP contribution in [0.1, 0.15) is 5.69 Å². The van der Waals surface area contributed by atoms with E-state index < -0.39 is 10.2 Å². The van der Waals surface area contributed by atoms with Gasteiger partial charge in [0.25, 0.3) is 10.2 Å². The maximum Gasteiger partial charge on any atom is 0.296 e. The lowest BCUT2D eigenvalue weighted by Gasteiger charge is -2.04. The molecule has 0 bridgehead atoms. The summed E-state index contributed by atoms with van der Waals surface area (Å²) in [5, 5.41) is 4.77. The van der Waals surface area contributed by atoms with Gasteiger partial charge < -0.3 is 0 Å². The molecule has 1 rings (SSSR count). The van der Waals surface area contributed by atoms with Crippen molar-refractivity contribution in [2.24, 2.45) is 5.14 Å². The number of nitrogens with one attached hydrogen (secondary N) is 1. The van der Waals surface area contributed by atoms with Crippen LogP contribution in [0, 0.1) is 6.92 Å². The van der Waals surface area contributed by atoms with Crippen LogP contribution in [0.4, 0.5) is 5.69 Å². The Hall–Kier alpha value is -1.14. The lowest BCUT2D eigenvalue weighted by atomic mass is 10.3. The summed E-state index contributed by atoms with van der Waals surface area (Å²) in [5.41, 5.74) is 0.992. The number of hydrogen-bond donors (Lipinski definition) is 2. The van der Waals surface area contributed by atoms with Crippen molar-refractivity contribution in [3.63, 3.8) is 0 Å². The molecule has 1 aromatic rings. The van der Waals surface area contributed by atoms with Gasteiger partial charge in [0.15, 0.2) is 0 Å². The molecule has 0 radical (unpaired) electrons. The Morgan fingerprint density at radius 3 is 2.75 bits per heavy atom. The Morgan fingerprint density at radius 2 is 2.25 bits per heavy atom. The Bertz CT molecular complexity index is 374. The Balaban J connectivity index is 2.98. The molecule has 0 fully saturated rings. The number of hydrogen-bond acceptors (Lipinski definition) is 3. The third-order valence-electron chi connectivity index (χ3n) is 1.26. The van der Waals surface area contributed by atoms with Gasteiger partial charge in [-0.3, -0.25) is 9.71 Å². The van der Waals surface area contributed by atoms with Gasteiger partial charge in [0.2, 0.25) is 0 Å². The molecule has 0 aromatic carbocycles. The maximum absolute atomic E-state index is 10.6. The van der Waals surface area contributed by atoms with Crippen LogP contribution in [0.25, 0.3) is 0 Å². The molecule has 0 aliphatic rings. The number of rotatable bonds is 2. The summed E-state index contributed by atoms with van der Waals surface area (Å²) < 4.78 is 23.3. The molecule has 0 saturated heterocycles. The predicted molar refractivity (Wildman–Crippen MR) is 45.7 cm³/mol. The second-order valence-electron chi connectivity index (χ2n) is 2.28. The van der Waals surface area contributed by atoms with Gasteiger partial charge in [-0.2, -0.15) is 8.42 Å². The number of aryl methyl sites for hydroxylation is 1. The number of nitrogens with zero attached hydrogens (tertiary/aromatic N) is 1. The Labute approximate surface area is 70.8 Å². The predicted octanol–water partition coefficient (Wildman–Crippen LogP) is 0.00542. The van der Waals surface area contributed by atoms with Crippen molar-refractivity contribution in [3.8, 4) is 0 Å². The standard InChI is InChI=1S/C6H9N3O2S/c1-5-6(3-2-4-8-5)9-12(7,10)11/h2-4,9H,1H3,(H2,7,10,11). The van der Waals surface area contributed by atoms with Gasteiger partial charge in [-0.05, 0) is 19.1 Å². The summed E-state index contributed by atoms with van der Waals surface area (Å²) in [6, 6.07) is 3.22. The molecule has 1 aromatic heterocycles. The summed E-state index contributed by atoms with van der Waals surface area (Å²) in [7, 11) is -3.69. The van der Waals surface area contributed by atoms with Gasteiger partial charge in [-0.25, -0.2) is 5.14 Å². The lowest BCUT2D eigenvalue weighted by molar-refractivity contribution is 0.603. The second-order valence-corrected chi connectivity index (χ2v) is 3.58. The van der Waals surface area contributed by atoms with E-state index in [0.717, 1.165) is 0 Å². The zero-order valence-corrected chi connectivity index (χ0v) is 7.30. The Kier molecular flexibility index (Phi) is 2.30. The average molecular weight is 187 g/mol. The third kappa shape index (κ3) is 2.48. The molecule has 5 nitrogen and oxygen atoms in total. The minimum absolute atomic E-state index is 0.403. The smallest absolute Gasteiger partial charge is 0.269 e. The summed E-state index contributed by atoms with van der Waals surface area (Å²) in [5.74, 6) is 0. The average Bonchev–Trinajstić information content (AvgIpc) is 1.91. The second kappa shape index (κ2) is 3.08. The van der Waals surface area contributed by atoms with Gasteiger partial charge in [0.1, 0.15) is 0 Å². The fourth-order valence-corrected chi connectivity index (χ4v) is 1.27. The van der Waals surface area contributed by atoms with Crippen molar-refractivity contribution in [2.45, 2.75) is 6.92 Å². The topological polar surface area (TPSA) is 85.1 Å².